The Morgan fingerprint density at radius 1 is 1.21 bits per heavy atom. The van der Waals surface area contributed by atoms with Gasteiger partial charge in [-0.15, -0.1) is 10.2 Å². The van der Waals surface area contributed by atoms with Crippen molar-refractivity contribution in [1.29, 1.82) is 0 Å². The molecule has 2 heterocycles. The van der Waals surface area contributed by atoms with Gasteiger partial charge in [0.25, 0.3) is 0 Å². The number of likely N-dealkylation sites (tertiary alicyclic amines) is 1. The molecule has 1 saturated heterocycles. The molecule has 1 aromatic heterocycles. The van der Waals surface area contributed by atoms with Crippen molar-refractivity contribution in [2.24, 2.45) is 11.7 Å². The normalized spacial score (nSPS) is 15.5. The summed E-state index contributed by atoms with van der Waals surface area (Å²) in [6.07, 6.45) is 1.21. The van der Waals surface area contributed by atoms with Gasteiger partial charge in [0, 0.05) is 29.0 Å². The molecule has 2 aromatic rings. The fraction of sp³-hybridized carbons (Fsp3) is 0.400. The summed E-state index contributed by atoms with van der Waals surface area (Å²) >= 11 is 3.37. The van der Waals surface area contributed by atoms with Crippen LogP contribution in [-0.4, -0.2) is 50.0 Å². The fourth-order valence-electron chi connectivity index (χ4n) is 2.66. The summed E-state index contributed by atoms with van der Waals surface area (Å²) in [5.74, 6) is -0.0397. The van der Waals surface area contributed by atoms with Crippen molar-refractivity contribution in [2.75, 3.05) is 13.1 Å². The number of hydrogen-bond donors (Lipinski definition) is 1. The first-order chi connectivity index (χ1) is 11.5. The molecule has 0 saturated carbocycles. The van der Waals surface area contributed by atoms with Crippen LogP contribution in [-0.2, 0) is 16.1 Å². The van der Waals surface area contributed by atoms with E-state index in [1.54, 1.807) is 4.90 Å². The SMILES string of the molecule is NC(=O)C1CCN(C(=O)Cn2nnc(-c3ccc(Br)cc3)n2)CC1. The van der Waals surface area contributed by atoms with Crippen molar-refractivity contribution in [3.63, 3.8) is 0 Å². The average Bonchev–Trinajstić information content (AvgIpc) is 3.04. The Kier molecular flexibility index (Phi) is 4.89. The van der Waals surface area contributed by atoms with Gasteiger partial charge in [0.05, 0.1) is 0 Å². The summed E-state index contributed by atoms with van der Waals surface area (Å²) in [4.78, 5) is 26.5. The minimum atomic E-state index is -0.292. The number of tetrazole rings is 1. The van der Waals surface area contributed by atoms with Gasteiger partial charge in [-0.2, -0.15) is 4.80 Å². The van der Waals surface area contributed by atoms with Crippen LogP contribution in [0.5, 0.6) is 0 Å². The van der Waals surface area contributed by atoms with Crippen LogP contribution in [0.3, 0.4) is 0 Å². The Bertz CT molecular complexity index is 737. The monoisotopic (exact) mass is 392 g/mol. The summed E-state index contributed by atoms with van der Waals surface area (Å²) in [6, 6.07) is 7.54. The van der Waals surface area contributed by atoms with Crippen LogP contribution < -0.4 is 5.73 Å². The molecule has 9 heteroatoms. The topological polar surface area (TPSA) is 107 Å². The minimum Gasteiger partial charge on any atom is -0.369 e. The van der Waals surface area contributed by atoms with E-state index in [0.717, 1.165) is 10.0 Å². The van der Waals surface area contributed by atoms with Crippen molar-refractivity contribution in [3.8, 4) is 11.4 Å². The standard InChI is InChI=1S/C15H17BrN6O2/c16-12-3-1-11(2-4-12)15-18-20-22(19-15)9-13(23)21-7-5-10(6-8-21)14(17)24/h1-4,10H,5-9H2,(H2,17,24). The Hall–Kier alpha value is -2.29. The van der Waals surface area contributed by atoms with Crippen molar-refractivity contribution < 1.29 is 9.59 Å². The van der Waals surface area contributed by atoms with E-state index >= 15 is 0 Å². The van der Waals surface area contributed by atoms with Crippen molar-refractivity contribution in [2.45, 2.75) is 19.4 Å². The van der Waals surface area contributed by atoms with Crippen molar-refractivity contribution >= 4 is 27.7 Å². The summed E-state index contributed by atoms with van der Waals surface area (Å²) in [6.45, 7) is 1.09. The molecule has 0 unspecified atom stereocenters. The van der Waals surface area contributed by atoms with Crippen LogP contribution in [0.2, 0.25) is 0 Å². The zero-order valence-corrected chi connectivity index (χ0v) is 14.5. The first kappa shape index (κ1) is 16.6. The van der Waals surface area contributed by atoms with Crippen LogP contribution >= 0.6 is 15.9 Å². The maximum atomic E-state index is 12.3. The lowest BCUT2D eigenvalue weighted by atomic mass is 9.96. The summed E-state index contributed by atoms with van der Waals surface area (Å²) < 4.78 is 0.966. The van der Waals surface area contributed by atoms with E-state index in [-0.39, 0.29) is 24.3 Å². The molecular formula is C15H17BrN6O2. The molecule has 0 spiro atoms. The van der Waals surface area contributed by atoms with Gasteiger partial charge in [-0.25, -0.2) is 0 Å². The van der Waals surface area contributed by atoms with Gasteiger partial charge in [-0.3, -0.25) is 9.59 Å². The third kappa shape index (κ3) is 3.78. The highest BCUT2D eigenvalue weighted by molar-refractivity contribution is 9.10. The number of nitrogens with two attached hydrogens (primary N) is 1. The van der Waals surface area contributed by atoms with E-state index < -0.39 is 0 Å². The van der Waals surface area contributed by atoms with Crippen molar-refractivity contribution in [3.05, 3.63) is 28.7 Å². The average molecular weight is 393 g/mol. The van der Waals surface area contributed by atoms with Gasteiger partial charge in [-0.1, -0.05) is 15.9 Å². The molecule has 0 atom stereocenters. The second kappa shape index (κ2) is 7.08. The number of amides is 2. The second-order valence-electron chi connectivity index (χ2n) is 5.71. The zero-order valence-electron chi connectivity index (χ0n) is 12.9. The van der Waals surface area contributed by atoms with E-state index in [1.807, 2.05) is 24.3 Å². The molecule has 1 aliphatic rings. The number of aromatic nitrogens is 4. The van der Waals surface area contributed by atoms with Gasteiger partial charge in [0.15, 0.2) is 0 Å². The number of carbonyl (C=O) groups excluding carboxylic acids is 2. The summed E-state index contributed by atoms with van der Waals surface area (Å²) in [5, 5.41) is 12.2. The van der Waals surface area contributed by atoms with Crippen LogP contribution in [0.25, 0.3) is 11.4 Å². The largest absolute Gasteiger partial charge is 0.369 e. The first-order valence-electron chi connectivity index (χ1n) is 7.64. The fourth-order valence-corrected chi connectivity index (χ4v) is 2.92. The predicted molar refractivity (Wildman–Crippen MR) is 89.5 cm³/mol. The smallest absolute Gasteiger partial charge is 0.246 e. The number of hydrogen-bond acceptors (Lipinski definition) is 5. The highest BCUT2D eigenvalue weighted by atomic mass is 79.9. The Balaban J connectivity index is 1.59. The zero-order chi connectivity index (χ0) is 17.1. The van der Waals surface area contributed by atoms with Gasteiger partial charge in [0.2, 0.25) is 17.6 Å². The predicted octanol–water partition coefficient (Wildman–Crippen LogP) is 0.826. The lowest BCUT2D eigenvalue weighted by molar-refractivity contribution is -0.135. The number of halogens is 1. The van der Waals surface area contributed by atoms with E-state index in [0.29, 0.717) is 31.8 Å². The first-order valence-corrected chi connectivity index (χ1v) is 8.43. The molecule has 2 N–H and O–H groups in total. The lowest BCUT2D eigenvalue weighted by Crippen LogP contribution is -2.43. The van der Waals surface area contributed by atoms with E-state index in [4.69, 9.17) is 5.73 Å². The maximum absolute atomic E-state index is 12.3. The number of piperidine rings is 1. The molecule has 24 heavy (non-hydrogen) atoms. The summed E-state index contributed by atoms with van der Waals surface area (Å²) in [5.41, 5.74) is 6.13. The number of carbonyl (C=O) groups is 2. The van der Waals surface area contributed by atoms with Crippen molar-refractivity contribution in [1.82, 2.24) is 25.1 Å². The number of primary amides is 1. The third-order valence-corrected chi connectivity index (χ3v) is 4.61. The second-order valence-corrected chi connectivity index (χ2v) is 6.62. The van der Waals surface area contributed by atoms with E-state index in [2.05, 4.69) is 31.3 Å². The van der Waals surface area contributed by atoms with E-state index in [1.165, 1.54) is 4.80 Å². The number of nitrogens with zero attached hydrogens (tertiary/aromatic N) is 5. The molecule has 3 rings (SSSR count). The van der Waals surface area contributed by atoms with Crippen LogP contribution in [0, 0.1) is 5.92 Å². The highest BCUT2D eigenvalue weighted by Crippen LogP contribution is 2.18. The molecule has 1 aromatic carbocycles. The summed E-state index contributed by atoms with van der Waals surface area (Å²) in [7, 11) is 0. The molecule has 8 nitrogen and oxygen atoms in total. The molecule has 0 bridgehead atoms. The van der Waals surface area contributed by atoms with Gasteiger partial charge in [0.1, 0.15) is 6.54 Å². The lowest BCUT2D eigenvalue weighted by Gasteiger charge is -2.30. The van der Waals surface area contributed by atoms with Gasteiger partial charge < -0.3 is 10.6 Å². The molecule has 1 aliphatic heterocycles. The Morgan fingerprint density at radius 3 is 2.50 bits per heavy atom. The maximum Gasteiger partial charge on any atom is 0.246 e. The minimum absolute atomic E-state index is 0.0325. The number of benzene rings is 1. The highest BCUT2D eigenvalue weighted by Gasteiger charge is 2.26. The third-order valence-electron chi connectivity index (χ3n) is 4.08. The Labute approximate surface area is 147 Å². The van der Waals surface area contributed by atoms with Gasteiger partial charge in [-0.05, 0) is 42.3 Å². The number of rotatable bonds is 4. The van der Waals surface area contributed by atoms with E-state index in [9.17, 15) is 9.59 Å². The molecule has 1 fully saturated rings. The quantitative estimate of drug-likeness (QED) is 0.828. The van der Waals surface area contributed by atoms with Crippen LogP contribution in [0.4, 0.5) is 0 Å². The van der Waals surface area contributed by atoms with Crippen LogP contribution in [0.15, 0.2) is 28.7 Å². The molecular weight excluding hydrogens is 376 g/mol. The Morgan fingerprint density at radius 2 is 1.88 bits per heavy atom. The molecule has 0 radical (unpaired) electrons. The molecule has 126 valence electrons. The van der Waals surface area contributed by atoms with Gasteiger partial charge >= 0.3 is 0 Å². The molecule has 0 aliphatic carbocycles. The van der Waals surface area contributed by atoms with Crippen LogP contribution in [0.1, 0.15) is 12.8 Å². The molecule has 2 amide bonds.